The zero-order valence-corrected chi connectivity index (χ0v) is 10.9. The lowest BCUT2D eigenvalue weighted by Gasteiger charge is -2.05. The average Bonchev–Trinajstić information content (AvgIpc) is 2.83. The van der Waals surface area contributed by atoms with Gasteiger partial charge in [-0.15, -0.1) is 12.4 Å². The fourth-order valence-corrected chi connectivity index (χ4v) is 1.54. The summed E-state index contributed by atoms with van der Waals surface area (Å²) in [4.78, 5) is 15.8. The largest absolute Gasteiger partial charge is 0.494 e. The quantitative estimate of drug-likeness (QED) is 0.782. The Hall–Kier alpha value is -1.81. The van der Waals surface area contributed by atoms with E-state index in [9.17, 15) is 4.79 Å². The van der Waals surface area contributed by atoms with Gasteiger partial charge in [-0.05, 0) is 31.2 Å². The maximum absolute atomic E-state index is 11.9. The lowest BCUT2D eigenvalue weighted by atomic mass is 10.1. The molecule has 0 aliphatic rings. The molecule has 0 radical (unpaired) electrons. The van der Waals surface area contributed by atoms with Crippen LogP contribution in [0, 0.1) is 0 Å². The van der Waals surface area contributed by atoms with Gasteiger partial charge in [0.2, 0.25) is 0 Å². The van der Waals surface area contributed by atoms with Crippen LogP contribution in [0.2, 0.25) is 0 Å². The highest BCUT2D eigenvalue weighted by Gasteiger charge is 2.06. The van der Waals surface area contributed by atoms with Crippen molar-refractivity contribution >= 4 is 18.2 Å². The van der Waals surface area contributed by atoms with Gasteiger partial charge in [-0.3, -0.25) is 4.79 Å². The number of carbonyl (C=O) groups excluding carboxylic acids is 1. The van der Waals surface area contributed by atoms with Crippen molar-refractivity contribution in [2.45, 2.75) is 13.5 Å². The number of Topliss-reactive ketones (excluding diaryl/α,β-unsaturated/α-hetero) is 1. The minimum atomic E-state index is 0. The molecule has 0 bridgehead atoms. The van der Waals surface area contributed by atoms with Gasteiger partial charge in [0.25, 0.3) is 0 Å². The smallest absolute Gasteiger partial charge is 0.182 e. The second-order valence-corrected chi connectivity index (χ2v) is 3.62. The van der Waals surface area contributed by atoms with Gasteiger partial charge in [0, 0.05) is 18.0 Å². The number of halogens is 1. The summed E-state index contributed by atoms with van der Waals surface area (Å²) in [5.74, 6) is 0.845. The molecule has 2 rings (SSSR count). The molecule has 0 saturated heterocycles. The van der Waals surface area contributed by atoms with Gasteiger partial charge in [-0.1, -0.05) is 0 Å². The Kier molecular flexibility index (Phi) is 5.39. The molecule has 0 unspecified atom stereocenters. The van der Waals surface area contributed by atoms with Gasteiger partial charge in [0.15, 0.2) is 5.78 Å². The second-order valence-electron chi connectivity index (χ2n) is 3.62. The van der Waals surface area contributed by atoms with Crippen LogP contribution in [-0.4, -0.2) is 21.9 Å². The second kappa shape index (κ2) is 6.81. The molecule has 0 spiro atoms. The molecule has 2 aromatic rings. The first-order chi connectivity index (χ1) is 8.29. The fourth-order valence-electron chi connectivity index (χ4n) is 1.54. The van der Waals surface area contributed by atoms with Crippen molar-refractivity contribution in [1.29, 1.82) is 0 Å². The maximum atomic E-state index is 11.9. The number of hydrogen-bond donors (Lipinski definition) is 0. The summed E-state index contributed by atoms with van der Waals surface area (Å²) in [6, 6.07) is 7.18. The van der Waals surface area contributed by atoms with Crippen molar-refractivity contribution in [2.75, 3.05) is 6.61 Å². The third-order valence-corrected chi connectivity index (χ3v) is 2.37. The highest BCUT2D eigenvalue weighted by molar-refractivity contribution is 5.95. The zero-order valence-electron chi connectivity index (χ0n) is 10.1. The molecule has 0 fully saturated rings. The van der Waals surface area contributed by atoms with Crippen LogP contribution in [0.15, 0.2) is 43.0 Å². The fraction of sp³-hybridized carbons (Fsp3) is 0.231. The van der Waals surface area contributed by atoms with E-state index in [1.54, 1.807) is 35.4 Å². The predicted octanol–water partition coefficient (Wildman–Crippen LogP) is 2.59. The van der Waals surface area contributed by atoms with Crippen molar-refractivity contribution in [3.8, 4) is 5.75 Å². The minimum Gasteiger partial charge on any atom is -0.494 e. The first kappa shape index (κ1) is 14.3. The monoisotopic (exact) mass is 266 g/mol. The summed E-state index contributed by atoms with van der Waals surface area (Å²) >= 11 is 0. The lowest BCUT2D eigenvalue weighted by Crippen LogP contribution is -2.08. The molecule has 0 saturated carbocycles. The van der Waals surface area contributed by atoms with Crippen molar-refractivity contribution < 1.29 is 9.53 Å². The molecular weight excluding hydrogens is 252 g/mol. The maximum Gasteiger partial charge on any atom is 0.182 e. The molecule has 0 aliphatic heterocycles. The molecule has 0 aliphatic carbocycles. The SMILES string of the molecule is CCOc1ccc(C(=O)Cn2ccnc2)cc1.Cl. The number of hydrogen-bond acceptors (Lipinski definition) is 3. The number of carbonyl (C=O) groups is 1. The Morgan fingerprint density at radius 3 is 2.61 bits per heavy atom. The number of nitrogens with zero attached hydrogens (tertiary/aromatic N) is 2. The molecular formula is C13H15ClN2O2. The number of benzene rings is 1. The van der Waals surface area contributed by atoms with Gasteiger partial charge in [-0.25, -0.2) is 4.98 Å². The first-order valence-electron chi connectivity index (χ1n) is 5.51. The van der Waals surface area contributed by atoms with Crippen LogP contribution in [0.5, 0.6) is 5.75 Å². The van der Waals surface area contributed by atoms with Crippen molar-refractivity contribution in [3.05, 3.63) is 48.5 Å². The van der Waals surface area contributed by atoms with Gasteiger partial charge >= 0.3 is 0 Å². The first-order valence-corrected chi connectivity index (χ1v) is 5.51. The van der Waals surface area contributed by atoms with Crippen LogP contribution in [0.4, 0.5) is 0 Å². The Morgan fingerprint density at radius 1 is 1.33 bits per heavy atom. The van der Waals surface area contributed by atoms with Crippen LogP contribution < -0.4 is 4.74 Å². The number of aromatic nitrogens is 2. The van der Waals surface area contributed by atoms with E-state index in [4.69, 9.17) is 4.74 Å². The Labute approximate surface area is 112 Å². The summed E-state index contributed by atoms with van der Waals surface area (Å²) in [5, 5.41) is 0. The van der Waals surface area contributed by atoms with Gasteiger partial charge < -0.3 is 9.30 Å². The van der Waals surface area contributed by atoms with E-state index in [-0.39, 0.29) is 18.2 Å². The van der Waals surface area contributed by atoms with Gasteiger partial charge in [0.05, 0.1) is 19.5 Å². The van der Waals surface area contributed by atoms with E-state index in [0.717, 1.165) is 5.75 Å². The van der Waals surface area contributed by atoms with Gasteiger partial charge in [0.1, 0.15) is 5.75 Å². The minimum absolute atomic E-state index is 0. The lowest BCUT2D eigenvalue weighted by molar-refractivity contribution is 0.0972. The highest BCUT2D eigenvalue weighted by atomic mass is 35.5. The summed E-state index contributed by atoms with van der Waals surface area (Å²) in [5.41, 5.74) is 0.683. The third kappa shape index (κ3) is 3.60. The van der Waals surface area contributed by atoms with E-state index in [1.807, 2.05) is 19.1 Å². The summed E-state index contributed by atoms with van der Waals surface area (Å²) in [6.45, 7) is 2.87. The van der Waals surface area contributed by atoms with Crippen LogP contribution in [0.1, 0.15) is 17.3 Å². The van der Waals surface area contributed by atoms with Crippen LogP contribution in [-0.2, 0) is 6.54 Å². The van der Waals surface area contributed by atoms with E-state index in [1.165, 1.54) is 0 Å². The van der Waals surface area contributed by atoms with E-state index >= 15 is 0 Å². The summed E-state index contributed by atoms with van der Waals surface area (Å²) < 4.78 is 7.07. The normalized spacial score (nSPS) is 9.61. The van der Waals surface area contributed by atoms with E-state index < -0.39 is 0 Å². The topological polar surface area (TPSA) is 44.1 Å². The molecule has 0 amide bonds. The van der Waals surface area contributed by atoms with Crippen molar-refractivity contribution in [2.24, 2.45) is 0 Å². The number of ketones is 1. The summed E-state index contributed by atoms with van der Waals surface area (Å²) in [7, 11) is 0. The molecule has 1 aromatic heterocycles. The Morgan fingerprint density at radius 2 is 2.06 bits per heavy atom. The Balaban J connectivity index is 0.00000162. The Bertz CT molecular complexity index is 480. The molecule has 5 heteroatoms. The number of ether oxygens (including phenoxy) is 1. The number of imidazole rings is 1. The molecule has 0 N–H and O–H groups in total. The van der Waals surface area contributed by atoms with Gasteiger partial charge in [-0.2, -0.15) is 0 Å². The number of rotatable bonds is 5. The van der Waals surface area contributed by atoms with E-state index in [2.05, 4.69) is 4.98 Å². The van der Waals surface area contributed by atoms with Crippen LogP contribution in [0.3, 0.4) is 0 Å². The molecule has 0 atom stereocenters. The molecule has 1 heterocycles. The molecule has 4 nitrogen and oxygen atoms in total. The molecule has 18 heavy (non-hydrogen) atoms. The highest BCUT2D eigenvalue weighted by Crippen LogP contribution is 2.12. The van der Waals surface area contributed by atoms with Crippen LogP contribution in [0.25, 0.3) is 0 Å². The molecule has 1 aromatic carbocycles. The zero-order chi connectivity index (χ0) is 12.1. The predicted molar refractivity (Wildman–Crippen MR) is 71.4 cm³/mol. The third-order valence-electron chi connectivity index (χ3n) is 2.37. The standard InChI is InChI=1S/C13H14N2O2.ClH/c1-2-17-12-5-3-11(4-6-12)13(16)9-15-8-7-14-10-15;/h3-8,10H,2,9H2,1H3;1H. The van der Waals surface area contributed by atoms with Crippen LogP contribution >= 0.6 is 12.4 Å². The average molecular weight is 267 g/mol. The van der Waals surface area contributed by atoms with Crippen molar-refractivity contribution in [1.82, 2.24) is 9.55 Å². The van der Waals surface area contributed by atoms with Crippen molar-refractivity contribution in [3.63, 3.8) is 0 Å². The van der Waals surface area contributed by atoms with E-state index in [0.29, 0.717) is 18.7 Å². The summed E-state index contributed by atoms with van der Waals surface area (Å²) in [6.07, 6.45) is 5.06. The molecule has 96 valence electrons.